The molecule has 5 heteroatoms. The molecule has 21 heavy (non-hydrogen) atoms. The number of benzene rings is 1. The van der Waals surface area contributed by atoms with E-state index in [0.717, 1.165) is 36.8 Å². The van der Waals surface area contributed by atoms with Crippen LogP contribution in [-0.2, 0) is 11.2 Å². The largest absolute Gasteiger partial charge is 0.389 e. The van der Waals surface area contributed by atoms with Gasteiger partial charge in [0.2, 0.25) is 5.91 Å². The minimum Gasteiger partial charge on any atom is -0.389 e. The topological polar surface area (TPSA) is 66.6 Å². The van der Waals surface area contributed by atoms with Crippen molar-refractivity contribution in [2.24, 2.45) is 5.73 Å². The number of rotatable bonds is 5. The number of hydrogen-bond acceptors (Lipinski definition) is 3. The third-order valence-corrected chi connectivity index (χ3v) is 4.32. The smallest absolute Gasteiger partial charge is 0.226 e. The molecule has 1 aliphatic rings. The molecule has 1 aliphatic carbocycles. The van der Waals surface area contributed by atoms with Gasteiger partial charge in [0.05, 0.1) is 12.0 Å². The average Bonchev–Trinajstić information content (AvgIpc) is 2.85. The van der Waals surface area contributed by atoms with E-state index < -0.39 is 5.60 Å². The van der Waals surface area contributed by atoms with Crippen molar-refractivity contribution in [3.8, 4) is 0 Å². The molecule has 1 fully saturated rings. The van der Waals surface area contributed by atoms with Crippen LogP contribution in [0.2, 0.25) is 0 Å². The van der Waals surface area contributed by atoms with Crippen LogP contribution in [0, 0.1) is 0 Å². The van der Waals surface area contributed by atoms with E-state index in [-0.39, 0.29) is 5.91 Å². The predicted octanol–water partition coefficient (Wildman–Crippen LogP) is 1.63. The Morgan fingerprint density at radius 3 is 2.43 bits per heavy atom. The molecule has 0 saturated heterocycles. The summed E-state index contributed by atoms with van der Waals surface area (Å²) in [5, 5.41) is 10.4. The lowest BCUT2D eigenvalue weighted by molar-refractivity contribution is -0.132. The second-order valence-electron chi connectivity index (χ2n) is 5.92. The Balaban J connectivity index is 1.92. The van der Waals surface area contributed by atoms with Crippen molar-refractivity contribution in [2.45, 2.75) is 37.7 Å². The van der Waals surface area contributed by atoms with E-state index in [4.69, 9.17) is 18.0 Å². The fourth-order valence-corrected chi connectivity index (χ4v) is 2.95. The summed E-state index contributed by atoms with van der Waals surface area (Å²) in [6.45, 7) is 0.413. The number of likely N-dealkylation sites (N-methyl/N-ethyl adjacent to an activating group) is 1. The van der Waals surface area contributed by atoms with Crippen LogP contribution in [0.1, 0.15) is 36.8 Å². The van der Waals surface area contributed by atoms with E-state index in [1.165, 1.54) is 0 Å². The van der Waals surface area contributed by atoms with Gasteiger partial charge in [-0.2, -0.15) is 0 Å². The van der Waals surface area contributed by atoms with E-state index in [9.17, 15) is 9.90 Å². The van der Waals surface area contributed by atoms with Gasteiger partial charge in [0, 0.05) is 19.2 Å². The standard InChI is InChI=1S/C16H22N2O2S/c1-18(11-16(20)8-2-3-9-16)14(19)10-12-4-6-13(7-5-12)15(17)21/h4-7,20H,2-3,8-11H2,1H3,(H2,17,21). The van der Waals surface area contributed by atoms with Crippen LogP contribution in [0.4, 0.5) is 0 Å². The zero-order valence-corrected chi connectivity index (χ0v) is 13.2. The molecule has 0 bridgehead atoms. The highest BCUT2D eigenvalue weighted by atomic mass is 32.1. The minimum atomic E-state index is -0.694. The summed E-state index contributed by atoms with van der Waals surface area (Å²) in [5.41, 5.74) is 6.58. The third-order valence-electron chi connectivity index (χ3n) is 4.09. The Morgan fingerprint density at radius 1 is 1.33 bits per heavy atom. The van der Waals surface area contributed by atoms with Crippen molar-refractivity contribution in [1.29, 1.82) is 0 Å². The van der Waals surface area contributed by atoms with E-state index in [2.05, 4.69) is 0 Å². The zero-order valence-electron chi connectivity index (χ0n) is 12.3. The first kappa shape index (κ1) is 15.9. The van der Waals surface area contributed by atoms with Gasteiger partial charge in [-0.3, -0.25) is 4.79 Å². The van der Waals surface area contributed by atoms with Gasteiger partial charge in [-0.1, -0.05) is 49.3 Å². The second-order valence-corrected chi connectivity index (χ2v) is 6.36. The molecule has 3 N–H and O–H groups in total. The van der Waals surface area contributed by atoms with Gasteiger partial charge in [0.1, 0.15) is 4.99 Å². The summed E-state index contributed by atoms with van der Waals surface area (Å²) < 4.78 is 0. The molecule has 1 amide bonds. The molecule has 0 aliphatic heterocycles. The number of amides is 1. The van der Waals surface area contributed by atoms with Crippen molar-refractivity contribution >= 4 is 23.1 Å². The summed E-state index contributed by atoms with van der Waals surface area (Å²) >= 11 is 4.90. The quantitative estimate of drug-likeness (QED) is 0.811. The van der Waals surface area contributed by atoms with Crippen molar-refractivity contribution < 1.29 is 9.90 Å². The third kappa shape index (κ3) is 4.25. The zero-order chi connectivity index (χ0) is 15.5. The Morgan fingerprint density at radius 2 is 1.90 bits per heavy atom. The normalized spacial score (nSPS) is 16.7. The number of carbonyl (C=O) groups excluding carboxylic acids is 1. The van der Waals surface area contributed by atoms with Gasteiger partial charge in [0.25, 0.3) is 0 Å². The molecule has 1 aromatic rings. The van der Waals surface area contributed by atoms with Crippen LogP contribution in [0.3, 0.4) is 0 Å². The summed E-state index contributed by atoms with van der Waals surface area (Å²) in [7, 11) is 1.75. The first-order valence-corrected chi connectivity index (χ1v) is 7.65. The Hall–Kier alpha value is -1.46. The second kappa shape index (κ2) is 6.54. The maximum atomic E-state index is 12.2. The molecule has 2 rings (SSSR count). The van der Waals surface area contributed by atoms with Crippen LogP contribution in [0.15, 0.2) is 24.3 Å². The molecule has 114 valence electrons. The summed E-state index contributed by atoms with van der Waals surface area (Å²) in [4.78, 5) is 14.2. The average molecular weight is 306 g/mol. The summed E-state index contributed by atoms with van der Waals surface area (Å²) in [5.74, 6) is 0.0124. The number of thiocarbonyl (C=S) groups is 1. The van der Waals surface area contributed by atoms with E-state index >= 15 is 0 Å². The van der Waals surface area contributed by atoms with Gasteiger partial charge in [-0.15, -0.1) is 0 Å². The van der Waals surface area contributed by atoms with Gasteiger partial charge in [0.15, 0.2) is 0 Å². The summed E-state index contributed by atoms with van der Waals surface area (Å²) in [6.07, 6.45) is 3.97. The van der Waals surface area contributed by atoms with Crippen LogP contribution in [0.25, 0.3) is 0 Å². The lowest BCUT2D eigenvalue weighted by atomic mass is 10.0. The molecule has 0 radical (unpaired) electrons. The van der Waals surface area contributed by atoms with E-state index in [0.29, 0.717) is 18.0 Å². The molecule has 0 spiro atoms. The monoisotopic (exact) mass is 306 g/mol. The Bertz CT molecular complexity index is 522. The molecule has 0 unspecified atom stereocenters. The molecular formula is C16H22N2O2S. The fourth-order valence-electron chi connectivity index (χ4n) is 2.82. The molecular weight excluding hydrogens is 284 g/mol. The number of hydrogen-bond donors (Lipinski definition) is 2. The van der Waals surface area contributed by atoms with E-state index in [1.54, 1.807) is 11.9 Å². The number of nitrogens with two attached hydrogens (primary N) is 1. The van der Waals surface area contributed by atoms with Crippen molar-refractivity contribution in [1.82, 2.24) is 4.90 Å². The SMILES string of the molecule is CN(CC1(O)CCCC1)C(=O)Cc1ccc(C(N)=S)cc1. The van der Waals surface area contributed by atoms with Gasteiger partial charge < -0.3 is 15.7 Å². The molecule has 0 atom stereocenters. The molecule has 0 aromatic heterocycles. The first-order chi connectivity index (χ1) is 9.89. The fraction of sp³-hybridized carbons (Fsp3) is 0.500. The molecule has 0 heterocycles. The Labute approximate surface area is 130 Å². The maximum Gasteiger partial charge on any atom is 0.226 e. The van der Waals surface area contributed by atoms with E-state index in [1.807, 2.05) is 24.3 Å². The van der Waals surface area contributed by atoms with Crippen molar-refractivity contribution in [3.05, 3.63) is 35.4 Å². The van der Waals surface area contributed by atoms with Crippen molar-refractivity contribution in [3.63, 3.8) is 0 Å². The molecule has 1 saturated carbocycles. The van der Waals surface area contributed by atoms with Gasteiger partial charge in [-0.25, -0.2) is 0 Å². The highest BCUT2D eigenvalue weighted by Crippen LogP contribution is 2.30. The first-order valence-electron chi connectivity index (χ1n) is 7.25. The van der Waals surface area contributed by atoms with Crippen LogP contribution >= 0.6 is 12.2 Å². The minimum absolute atomic E-state index is 0.0124. The lowest BCUT2D eigenvalue weighted by Crippen LogP contribution is -2.42. The molecule has 1 aromatic carbocycles. The van der Waals surface area contributed by atoms with Crippen LogP contribution in [-0.4, -0.2) is 40.1 Å². The number of aliphatic hydroxyl groups is 1. The highest BCUT2D eigenvalue weighted by molar-refractivity contribution is 7.80. The van der Waals surface area contributed by atoms with Crippen molar-refractivity contribution in [2.75, 3.05) is 13.6 Å². The summed E-state index contributed by atoms with van der Waals surface area (Å²) in [6, 6.07) is 7.39. The number of nitrogens with zero attached hydrogens (tertiary/aromatic N) is 1. The van der Waals surface area contributed by atoms with Crippen LogP contribution < -0.4 is 5.73 Å². The van der Waals surface area contributed by atoms with Gasteiger partial charge >= 0.3 is 0 Å². The maximum absolute atomic E-state index is 12.2. The predicted molar refractivity (Wildman–Crippen MR) is 87.1 cm³/mol. The molecule has 4 nitrogen and oxygen atoms in total. The number of carbonyl (C=O) groups is 1. The lowest BCUT2D eigenvalue weighted by Gasteiger charge is -2.28. The Kier molecular flexibility index (Phi) is 4.96. The van der Waals surface area contributed by atoms with Gasteiger partial charge in [-0.05, 0) is 18.4 Å². The van der Waals surface area contributed by atoms with Crippen LogP contribution in [0.5, 0.6) is 0 Å². The highest BCUT2D eigenvalue weighted by Gasteiger charge is 2.33.